The van der Waals surface area contributed by atoms with E-state index in [1.165, 1.54) is 6.08 Å². The zero-order chi connectivity index (χ0) is 14.5. The van der Waals surface area contributed by atoms with Crippen LogP contribution in [0.25, 0.3) is 6.08 Å². The third-order valence-corrected chi connectivity index (χ3v) is 4.01. The van der Waals surface area contributed by atoms with Crippen LogP contribution in [0, 0.1) is 6.92 Å². The Morgan fingerprint density at radius 2 is 1.95 bits per heavy atom. The number of thioether (sulfide) groups is 1. The highest BCUT2D eigenvalue weighted by Gasteiger charge is 2.18. The van der Waals surface area contributed by atoms with Crippen LogP contribution in [0.15, 0.2) is 24.3 Å². The Kier molecular flexibility index (Phi) is 4.84. The van der Waals surface area contributed by atoms with Gasteiger partial charge in [-0.25, -0.2) is 4.79 Å². The van der Waals surface area contributed by atoms with Gasteiger partial charge in [0.05, 0.1) is 0 Å². The molecule has 1 aromatic rings. The molecule has 0 saturated carbocycles. The molecule has 0 aliphatic carbocycles. The topological polar surface area (TPSA) is 57.6 Å². The maximum atomic E-state index is 12.4. The minimum atomic E-state index is -0.993. The number of nitrogens with zero attached hydrogens (tertiary/aromatic N) is 1. The Morgan fingerprint density at radius 3 is 2.60 bits per heavy atom. The number of carboxylic acids is 1. The fraction of sp³-hybridized carbons (Fsp3) is 0.333. The smallest absolute Gasteiger partial charge is 0.328 e. The summed E-state index contributed by atoms with van der Waals surface area (Å²) in [6.45, 7) is 3.45. The summed E-state index contributed by atoms with van der Waals surface area (Å²) in [7, 11) is 0. The molecule has 0 radical (unpaired) electrons. The van der Waals surface area contributed by atoms with E-state index in [2.05, 4.69) is 0 Å². The largest absolute Gasteiger partial charge is 0.478 e. The first kappa shape index (κ1) is 14.7. The zero-order valence-electron chi connectivity index (χ0n) is 11.3. The molecule has 2 rings (SSSR count). The molecule has 0 bridgehead atoms. The number of carbonyl (C=O) groups is 2. The van der Waals surface area contributed by atoms with Gasteiger partial charge in [0.25, 0.3) is 5.91 Å². The first-order valence-corrected chi connectivity index (χ1v) is 7.61. The van der Waals surface area contributed by atoms with Crippen LogP contribution >= 0.6 is 11.8 Å². The predicted octanol–water partition coefficient (Wildman–Crippen LogP) is 2.28. The number of aliphatic carboxylic acids is 1. The van der Waals surface area contributed by atoms with E-state index in [1.807, 2.05) is 35.7 Å². The Hall–Kier alpha value is -1.75. The minimum Gasteiger partial charge on any atom is -0.478 e. The summed E-state index contributed by atoms with van der Waals surface area (Å²) in [5, 5.41) is 8.66. The number of rotatable bonds is 3. The molecule has 1 aromatic carbocycles. The molecule has 106 valence electrons. The van der Waals surface area contributed by atoms with Gasteiger partial charge in [-0.05, 0) is 36.3 Å². The lowest BCUT2D eigenvalue weighted by Gasteiger charge is -2.26. The van der Waals surface area contributed by atoms with Crippen LogP contribution in [0.5, 0.6) is 0 Å². The monoisotopic (exact) mass is 291 g/mol. The first-order chi connectivity index (χ1) is 9.56. The van der Waals surface area contributed by atoms with Gasteiger partial charge in [-0.2, -0.15) is 11.8 Å². The van der Waals surface area contributed by atoms with Crippen molar-refractivity contribution < 1.29 is 14.7 Å². The number of carboxylic acid groups (broad SMARTS) is 1. The fourth-order valence-electron chi connectivity index (χ4n) is 2.15. The van der Waals surface area contributed by atoms with Crippen LogP contribution in [0.2, 0.25) is 0 Å². The van der Waals surface area contributed by atoms with Crippen LogP contribution in [-0.4, -0.2) is 46.5 Å². The van der Waals surface area contributed by atoms with Gasteiger partial charge in [0.1, 0.15) is 0 Å². The number of hydrogen-bond acceptors (Lipinski definition) is 3. The van der Waals surface area contributed by atoms with Gasteiger partial charge in [0.15, 0.2) is 0 Å². The lowest BCUT2D eigenvalue weighted by molar-refractivity contribution is -0.131. The molecule has 1 amide bonds. The van der Waals surface area contributed by atoms with E-state index in [0.717, 1.165) is 41.8 Å². The molecular weight excluding hydrogens is 274 g/mol. The van der Waals surface area contributed by atoms with Crippen molar-refractivity contribution in [2.75, 3.05) is 24.6 Å². The van der Waals surface area contributed by atoms with Gasteiger partial charge in [0, 0.05) is 36.2 Å². The zero-order valence-corrected chi connectivity index (χ0v) is 12.2. The van der Waals surface area contributed by atoms with Crippen molar-refractivity contribution in [3.8, 4) is 0 Å². The third-order valence-electron chi connectivity index (χ3n) is 3.06. The summed E-state index contributed by atoms with van der Waals surface area (Å²) in [5.41, 5.74) is 2.32. The van der Waals surface area contributed by atoms with E-state index in [4.69, 9.17) is 5.11 Å². The molecule has 1 fully saturated rings. The van der Waals surface area contributed by atoms with Gasteiger partial charge >= 0.3 is 5.97 Å². The Balaban J connectivity index is 2.22. The van der Waals surface area contributed by atoms with E-state index in [-0.39, 0.29) is 5.91 Å². The van der Waals surface area contributed by atoms with Crippen LogP contribution in [0.1, 0.15) is 21.5 Å². The number of benzene rings is 1. The molecular formula is C15H17NO3S. The predicted molar refractivity (Wildman–Crippen MR) is 81.1 cm³/mol. The summed E-state index contributed by atoms with van der Waals surface area (Å²) in [5.74, 6) is 0.985. The molecule has 0 spiro atoms. The second-order valence-corrected chi connectivity index (χ2v) is 5.93. The molecule has 1 saturated heterocycles. The minimum absolute atomic E-state index is 0.0268. The number of carbonyl (C=O) groups excluding carboxylic acids is 1. The summed E-state index contributed by atoms with van der Waals surface area (Å²) < 4.78 is 0. The molecule has 0 aromatic heterocycles. The number of amides is 1. The van der Waals surface area contributed by atoms with Crippen molar-refractivity contribution in [2.45, 2.75) is 6.92 Å². The Morgan fingerprint density at radius 1 is 1.25 bits per heavy atom. The molecule has 1 aliphatic rings. The van der Waals surface area contributed by atoms with E-state index in [1.54, 1.807) is 6.07 Å². The number of hydrogen-bond donors (Lipinski definition) is 1. The van der Waals surface area contributed by atoms with Gasteiger partial charge in [-0.3, -0.25) is 4.79 Å². The van der Waals surface area contributed by atoms with Gasteiger partial charge in [0.2, 0.25) is 0 Å². The van der Waals surface area contributed by atoms with Crippen molar-refractivity contribution in [1.82, 2.24) is 4.90 Å². The van der Waals surface area contributed by atoms with Crippen LogP contribution in [0.3, 0.4) is 0 Å². The average molecular weight is 291 g/mol. The molecule has 0 unspecified atom stereocenters. The number of aryl methyl sites for hydroxylation is 1. The van der Waals surface area contributed by atoms with Crippen molar-refractivity contribution in [3.05, 3.63) is 41.0 Å². The average Bonchev–Trinajstić information content (AvgIpc) is 2.44. The summed E-state index contributed by atoms with van der Waals surface area (Å²) >= 11 is 1.86. The van der Waals surface area contributed by atoms with Crippen LogP contribution in [0.4, 0.5) is 0 Å². The molecule has 1 heterocycles. The first-order valence-electron chi connectivity index (χ1n) is 6.46. The van der Waals surface area contributed by atoms with Crippen molar-refractivity contribution in [3.63, 3.8) is 0 Å². The van der Waals surface area contributed by atoms with Gasteiger partial charge in [-0.1, -0.05) is 6.07 Å². The standard InChI is InChI=1S/C15H17NO3S/c1-11-8-12(2-3-14(17)18)10-13(9-11)15(19)16-4-6-20-7-5-16/h2-3,8-10H,4-7H2,1H3,(H,17,18)/b3-2+. The molecule has 20 heavy (non-hydrogen) atoms. The SMILES string of the molecule is Cc1cc(/C=C/C(=O)O)cc(C(=O)N2CCSCC2)c1. The summed E-state index contributed by atoms with van der Waals surface area (Å²) in [6, 6.07) is 5.46. The van der Waals surface area contributed by atoms with Gasteiger partial charge < -0.3 is 10.0 Å². The Labute approximate surface area is 122 Å². The van der Waals surface area contributed by atoms with Crippen molar-refractivity contribution >= 4 is 29.7 Å². The summed E-state index contributed by atoms with van der Waals surface area (Å²) in [6.07, 6.45) is 2.60. The summed E-state index contributed by atoms with van der Waals surface area (Å²) in [4.78, 5) is 24.8. The maximum absolute atomic E-state index is 12.4. The highest BCUT2D eigenvalue weighted by molar-refractivity contribution is 7.99. The third kappa shape index (κ3) is 3.87. The lowest BCUT2D eigenvalue weighted by Crippen LogP contribution is -2.37. The van der Waals surface area contributed by atoms with Crippen LogP contribution in [-0.2, 0) is 4.79 Å². The van der Waals surface area contributed by atoms with Crippen molar-refractivity contribution in [1.29, 1.82) is 0 Å². The lowest BCUT2D eigenvalue weighted by atomic mass is 10.0. The highest BCUT2D eigenvalue weighted by Crippen LogP contribution is 2.16. The van der Waals surface area contributed by atoms with E-state index < -0.39 is 5.97 Å². The van der Waals surface area contributed by atoms with E-state index in [0.29, 0.717) is 5.56 Å². The van der Waals surface area contributed by atoms with Crippen LogP contribution < -0.4 is 0 Å². The molecule has 5 heteroatoms. The molecule has 1 aliphatic heterocycles. The quantitative estimate of drug-likeness (QED) is 0.868. The second-order valence-electron chi connectivity index (χ2n) is 4.71. The maximum Gasteiger partial charge on any atom is 0.328 e. The van der Waals surface area contributed by atoms with E-state index in [9.17, 15) is 9.59 Å². The van der Waals surface area contributed by atoms with Gasteiger partial charge in [-0.15, -0.1) is 0 Å². The van der Waals surface area contributed by atoms with Crippen molar-refractivity contribution in [2.24, 2.45) is 0 Å². The molecule has 4 nitrogen and oxygen atoms in total. The normalized spacial score (nSPS) is 15.6. The Bertz CT molecular complexity index is 548. The highest BCUT2D eigenvalue weighted by atomic mass is 32.2. The molecule has 0 atom stereocenters. The molecule has 1 N–H and O–H groups in total. The van der Waals surface area contributed by atoms with E-state index >= 15 is 0 Å². The second kappa shape index (κ2) is 6.61. The fourth-order valence-corrected chi connectivity index (χ4v) is 3.05.